The summed E-state index contributed by atoms with van der Waals surface area (Å²) in [4.78, 5) is 6.92. The molecule has 0 aromatic heterocycles. The van der Waals surface area contributed by atoms with Gasteiger partial charge in [0.25, 0.3) is 0 Å². The molecule has 1 heterocycles. The molecule has 0 bridgehead atoms. The SMILES string of the molecule is C=CSC[C@H](O)C(C)S/C(=N\C)N1CCCC[C@H]1CC. The van der Waals surface area contributed by atoms with Gasteiger partial charge in [-0.3, -0.25) is 4.99 Å². The lowest BCUT2D eigenvalue weighted by Crippen LogP contribution is -2.43. The molecule has 1 aliphatic rings. The third kappa shape index (κ3) is 5.34. The largest absolute Gasteiger partial charge is 0.391 e. The Bertz CT molecular complexity index is 323. The van der Waals surface area contributed by atoms with Gasteiger partial charge in [0.1, 0.15) is 0 Å². The molecular formula is C15H28N2OS2. The van der Waals surface area contributed by atoms with Gasteiger partial charge in [-0.15, -0.1) is 11.8 Å². The van der Waals surface area contributed by atoms with E-state index in [-0.39, 0.29) is 11.4 Å². The molecule has 0 aliphatic carbocycles. The molecule has 3 atom stereocenters. The predicted molar refractivity (Wildman–Crippen MR) is 93.7 cm³/mol. The first-order chi connectivity index (χ1) is 9.63. The van der Waals surface area contributed by atoms with E-state index in [1.165, 1.54) is 25.7 Å². The second kappa shape index (κ2) is 9.74. The molecule has 3 nitrogen and oxygen atoms in total. The molecule has 0 radical (unpaired) electrons. The average molecular weight is 317 g/mol. The minimum absolute atomic E-state index is 0.153. The van der Waals surface area contributed by atoms with Crippen molar-refractivity contribution in [2.24, 2.45) is 4.99 Å². The van der Waals surface area contributed by atoms with E-state index in [1.807, 2.05) is 7.05 Å². The Morgan fingerprint density at radius 1 is 1.55 bits per heavy atom. The van der Waals surface area contributed by atoms with Crippen LogP contribution < -0.4 is 0 Å². The second-order valence-electron chi connectivity index (χ2n) is 5.15. The van der Waals surface area contributed by atoms with Crippen molar-refractivity contribution < 1.29 is 5.11 Å². The lowest BCUT2D eigenvalue weighted by atomic mass is 10.0. The zero-order valence-corrected chi connectivity index (χ0v) is 14.6. The molecule has 0 saturated carbocycles. The van der Waals surface area contributed by atoms with Gasteiger partial charge in [0.05, 0.1) is 6.10 Å². The molecular weight excluding hydrogens is 288 g/mol. The first-order valence-electron chi connectivity index (χ1n) is 7.44. The molecule has 0 amide bonds. The Hall–Kier alpha value is -0.130. The summed E-state index contributed by atoms with van der Waals surface area (Å²) in [6.07, 6.45) is 4.68. The number of aliphatic hydroxyl groups excluding tert-OH is 1. The van der Waals surface area contributed by atoms with Crippen LogP contribution in [0.4, 0.5) is 0 Å². The molecule has 5 heteroatoms. The highest BCUT2D eigenvalue weighted by Crippen LogP contribution is 2.27. The van der Waals surface area contributed by atoms with Crippen LogP contribution in [0.25, 0.3) is 0 Å². The van der Waals surface area contributed by atoms with E-state index in [0.717, 1.165) is 11.7 Å². The summed E-state index contributed by atoms with van der Waals surface area (Å²) in [7, 11) is 1.86. The van der Waals surface area contributed by atoms with Gasteiger partial charge in [0.2, 0.25) is 0 Å². The van der Waals surface area contributed by atoms with Crippen molar-refractivity contribution in [3.8, 4) is 0 Å². The zero-order chi connectivity index (χ0) is 15.0. The minimum atomic E-state index is -0.329. The van der Waals surface area contributed by atoms with E-state index >= 15 is 0 Å². The summed E-state index contributed by atoms with van der Waals surface area (Å²) >= 11 is 3.27. The van der Waals surface area contributed by atoms with Crippen LogP contribution in [0.3, 0.4) is 0 Å². The first kappa shape index (κ1) is 17.9. The Labute approximate surface area is 132 Å². The molecule has 1 unspecified atom stereocenters. The van der Waals surface area contributed by atoms with Gasteiger partial charge in [-0.25, -0.2) is 0 Å². The van der Waals surface area contributed by atoms with Crippen LogP contribution in [0.15, 0.2) is 17.0 Å². The minimum Gasteiger partial charge on any atom is -0.391 e. The van der Waals surface area contributed by atoms with Crippen LogP contribution in [0, 0.1) is 0 Å². The molecule has 1 fully saturated rings. The lowest BCUT2D eigenvalue weighted by Gasteiger charge is -2.38. The average Bonchev–Trinajstić information content (AvgIpc) is 2.49. The molecule has 116 valence electrons. The fraction of sp³-hybridized carbons (Fsp3) is 0.800. The Kier molecular flexibility index (Phi) is 8.73. The van der Waals surface area contributed by atoms with Gasteiger partial charge in [-0.2, -0.15) is 0 Å². The number of thioether (sulfide) groups is 2. The maximum atomic E-state index is 10.2. The van der Waals surface area contributed by atoms with Crippen molar-refractivity contribution in [2.75, 3.05) is 19.3 Å². The van der Waals surface area contributed by atoms with Crippen LogP contribution in [0.1, 0.15) is 39.5 Å². The third-order valence-corrected chi connectivity index (χ3v) is 5.84. The summed E-state index contributed by atoms with van der Waals surface area (Å²) in [6, 6.07) is 0.613. The number of nitrogens with zero attached hydrogens (tertiary/aromatic N) is 2. The number of amidine groups is 1. The number of aliphatic imine (C=N–C) groups is 1. The highest BCUT2D eigenvalue weighted by molar-refractivity contribution is 8.14. The van der Waals surface area contributed by atoms with Crippen molar-refractivity contribution in [2.45, 2.75) is 56.9 Å². The number of aliphatic hydroxyl groups is 1. The monoisotopic (exact) mass is 316 g/mol. The lowest BCUT2D eigenvalue weighted by molar-refractivity contribution is 0.201. The quantitative estimate of drug-likeness (QED) is 0.600. The molecule has 1 saturated heterocycles. The number of piperidine rings is 1. The van der Waals surface area contributed by atoms with Crippen LogP contribution in [-0.2, 0) is 0 Å². The topological polar surface area (TPSA) is 35.8 Å². The molecule has 0 aromatic rings. The zero-order valence-electron chi connectivity index (χ0n) is 12.9. The molecule has 0 spiro atoms. The number of rotatable bonds is 6. The van der Waals surface area contributed by atoms with E-state index < -0.39 is 0 Å². The summed E-state index contributed by atoms with van der Waals surface area (Å²) in [5, 5.41) is 13.2. The molecule has 20 heavy (non-hydrogen) atoms. The van der Waals surface area contributed by atoms with Crippen LogP contribution in [0.5, 0.6) is 0 Å². The van der Waals surface area contributed by atoms with Crippen molar-refractivity contribution in [3.63, 3.8) is 0 Å². The number of likely N-dealkylation sites (tertiary alicyclic amines) is 1. The van der Waals surface area contributed by atoms with Gasteiger partial charge in [0, 0.05) is 30.6 Å². The van der Waals surface area contributed by atoms with Crippen molar-refractivity contribution in [1.29, 1.82) is 0 Å². The summed E-state index contributed by atoms with van der Waals surface area (Å²) in [5.41, 5.74) is 0. The Morgan fingerprint density at radius 2 is 2.30 bits per heavy atom. The van der Waals surface area contributed by atoms with Gasteiger partial charge >= 0.3 is 0 Å². The summed E-state index contributed by atoms with van der Waals surface area (Å²) < 4.78 is 0. The van der Waals surface area contributed by atoms with E-state index in [9.17, 15) is 5.11 Å². The van der Waals surface area contributed by atoms with Crippen molar-refractivity contribution in [1.82, 2.24) is 4.90 Å². The Balaban J connectivity index is 2.59. The number of hydrogen-bond donors (Lipinski definition) is 1. The summed E-state index contributed by atoms with van der Waals surface area (Å²) in [6.45, 7) is 9.10. The normalized spacial score (nSPS) is 23.5. The van der Waals surface area contributed by atoms with E-state index in [0.29, 0.717) is 11.8 Å². The van der Waals surface area contributed by atoms with E-state index in [2.05, 4.69) is 30.3 Å². The van der Waals surface area contributed by atoms with Crippen molar-refractivity contribution in [3.05, 3.63) is 12.0 Å². The second-order valence-corrected chi connectivity index (χ2v) is 7.49. The summed E-state index contributed by atoms with van der Waals surface area (Å²) in [5.74, 6) is 0.700. The molecule has 0 aromatic carbocycles. The molecule has 1 rings (SSSR count). The van der Waals surface area contributed by atoms with Crippen molar-refractivity contribution >= 4 is 28.7 Å². The first-order valence-corrected chi connectivity index (χ1v) is 9.37. The van der Waals surface area contributed by atoms with Crippen LogP contribution in [0.2, 0.25) is 0 Å². The molecule has 1 aliphatic heterocycles. The van der Waals surface area contributed by atoms with Gasteiger partial charge < -0.3 is 10.0 Å². The van der Waals surface area contributed by atoms with E-state index in [1.54, 1.807) is 28.9 Å². The van der Waals surface area contributed by atoms with Gasteiger partial charge in [0.15, 0.2) is 5.17 Å². The van der Waals surface area contributed by atoms with Gasteiger partial charge in [-0.1, -0.05) is 32.2 Å². The van der Waals surface area contributed by atoms with Gasteiger partial charge in [-0.05, 0) is 31.1 Å². The highest BCUT2D eigenvalue weighted by atomic mass is 32.2. The van der Waals surface area contributed by atoms with E-state index in [4.69, 9.17) is 0 Å². The molecule has 1 N–H and O–H groups in total. The highest BCUT2D eigenvalue weighted by Gasteiger charge is 2.26. The fourth-order valence-corrected chi connectivity index (χ4v) is 4.28. The number of hydrogen-bond acceptors (Lipinski definition) is 4. The smallest absolute Gasteiger partial charge is 0.159 e. The third-order valence-electron chi connectivity index (χ3n) is 3.75. The maximum Gasteiger partial charge on any atom is 0.159 e. The van der Waals surface area contributed by atoms with Crippen LogP contribution in [-0.4, -0.2) is 51.9 Å². The fourth-order valence-electron chi connectivity index (χ4n) is 2.47. The van der Waals surface area contributed by atoms with Crippen LogP contribution >= 0.6 is 23.5 Å². The Morgan fingerprint density at radius 3 is 2.90 bits per heavy atom. The predicted octanol–water partition coefficient (Wildman–Crippen LogP) is 3.60. The standard InChI is InChI=1S/C15H28N2OS2/c1-5-13-9-7-8-10-17(13)15(16-4)20-12(3)14(18)11-19-6-2/h6,12-14,18H,2,5,7-11H2,1,3-4H3/b16-15-/t12?,13-,14+/m1/s1. The maximum absolute atomic E-state index is 10.2.